The van der Waals surface area contributed by atoms with E-state index in [2.05, 4.69) is 76.2 Å². The van der Waals surface area contributed by atoms with Crippen molar-refractivity contribution in [1.29, 1.82) is 0 Å². The Morgan fingerprint density at radius 1 is 1.17 bits per heavy atom. The summed E-state index contributed by atoms with van der Waals surface area (Å²) in [6.07, 6.45) is 0. The van der Waals surface area contributed by atoms with Crippen LogP contribution in [0, 0.1) is 10.5 Å². The van der Waals surface area contributed by atoms with Crippen molar-refractivity contribution in [3.63, 3.8) is 0 Å². The summed E-state index contributed by atoms with van der Waals surface area (Å²) in [6, 6.07) is 14.6. The fraction of sp³-hybridized carbons (Fsp3) is 0.0714. The number of benzene rings is 2. The van der Waals surface area contributed by atoms with Gasteiger partial charge >= 0.3 is 0 Å². The molecule has 0 aliphatic rings. The minimum atomic E-state index is 0.946. The third kappa shape index (κ3) is 2.35. The molecular formula is C14H11IN2S. The molecule has 3 aromatic rings. The van der Waals surface area contributed by atoms with Crippen molar-refractivity contribution in [1.82, 2.24) is 4.98 Å². The number of para-hydroxylation sites is 1. The molecule has 0 aliphatic heterocycles. The highest BCUT2D eigenvalue weighted by molar-refractivity contribution is 14.1. The van der Waals surface area contributed by atoms with Crippen LogP contribution in [0.2, 0.25) is 0 Å². The molecule has 1 N–H and O–H groups in total. The number of thiazole rings is 1. The number of anilines is 2. The van der Waals surface area contributed by atoms with Crippen LogP contribution in [0.15, 0.2) is 42.5 Å². The summed E-state index contributed by atoms with van der Waals surface area (Å²) in [7, 11) is 0. The molecule has 1 aromatic heterocycles. The fourth-order valence-electron chi connectivity index (χ4n) is 1.83. The average Bonchev–Trinajstić information content (AvgIpc) is 2.73. The normalized spacial score (nSPS) is 10.8. The Hall–Kier alpha value is -1.14. The van der Waals surface area contributed by atoms with E-state index in [1.807, 2.05) is 6.07 Å². The largest absolute Gasteiger partial charge is 0.331 e. The van der Waals surface area contributed by atoms with Crippen molar-refractivity contribution in [2.75, 3.05) is 5.32 Å². The number of hydrogen-bond acceptors (Lipinski definition) is 3. The second-order valence-corrected chi connectivity index (χ2v) is 6.35. The number of aromatic nitrogens is 1. The molecule has 0 amide bonds. The van der Waals surface area contributed by atoms with Crippen LogP contribution in [0.3, 0.4) is 0 Å². The summed E-state index contributed by atoms with van der Waals surface area (Å²) in [5, 5.41) is 4.31. The highest BCUT2D eigenvalue weighted by Crippen LogP contribution is 2.30. The summed E-state index contributed by atoms with van der Waals surface area (Å²) in [6.45, 7) is 2.09. The Balaban J connectivity index is 1.98. The van der Waals surface area contributed by atoms with Gasteiger partial charge in [-0.15, -0.1) is 0 Å². The maximum atomic E-state index is 4.64. The van der Waals surface area contributed by atoms with Gasteiger partial charge in [-0.3, -0.25) is 0 Å². The smallest absolute Gasteiger partial charge is 0.188 e. The molecule has 0 aliphatic carbocycles. The Labute approximate surface area is 123 Å². The van der Waals surface area contributed by atoms with Gasteiger partial charge in [0.1, 0.15) is 0 Å². The SMILES string of the molecule is Cc1cccc2sc(Nc3cccc(I)c3)nc12. The van der Waals surface area contributed by atoms with Gasteiger partial charge in [-0.2, -0.15) is 0 Å². The molecule has 0 unspecified atom stereocenters. The Morgan fingerprint density at radius 2 is 2.00 bits per heavy atom. The standard InChI is InChI=1S/C14H11IN2S/c1-9-4-2-7-12-13(9)17-14(18-12)16-11-6-3-5-10(15)8-11/h2-8H,1H3,(H,16,17). The highest BCUT2D eigenvalue weighted by atomic mass is 127. The van der Waals surface area contributed by atoms with Gasteiger partial charge in [-0.05, 0) is 59.3 Å². The van der Waals surface area contributed by atoms with Gasteiger partial charge < -0.3 is 5.32 Å². The molecule has 0 atom stereocenters. The van der Waals surface area contributed by atoms with Crippen molar-refractivity contribution >= 4 is 55.0 Å². The first-order valence-corrected chi connectivity index (χ1v) is 7.51. The first-order chi connectivity index (χ1) is 8.72. The van der Waals surface area contributed by atoms with E-state index >= 15 is 0 Å². The minimum Gasteiger partial charge on any atom is -0.331 e. The van der Waals surface area contributed by atoms with Crippen molar-refractivity contribution in [2.24, 2.45) is 0 Å². The van der Waals surface area contributed by atoms with Crippen LogP contribution in [0.25, 0.3) is 10.2 Å². The Bertz CT molecular complexity index is 706. The lowest BCUT2D eigenvalue weighted by atomic mass is 10.2. The molecule has 2 aromatic carbocycles. The molecule has 18 heavy (non-hydrogen) atoms. The molecule has 90 valence electrons. The number of fused-ring (bicyclic) bond motifs is 1. The van der Waals surface area contributed by atoms with Crippen LogP contribution < -0.4 is 5.32 Å². The second kappa shape index (κ2) is 4.85. The predicted molar refractivity (Wildman–Crippen MR) is 86.8 cm³/mol. The van der Waals surface area contributed by atoms with Gasteiger partial charge in [0.25, 0.3) is 0 Å². The molecule has 0 fully saturated rings. The molecule has 1 heterocycles. The molecule has 3 rings (SSSR count). The van der Waals surface area contributed by atoms with Crippen molar-refractivity contribution in [2.45, 2.75) is 6.92 Å². The average molecular weight is 366 g/mol. The van der Waals surface area contributed by atoms with Crippen LogP contribution in [0.5, 0.6) is 0 Å². The maximum Gasteiger partial charge on any atom is 0.188 e. The molecule has 2 nitrogen and oxygen atoms in total. The number of nitrogens with zero attached hydrogens (tertiary/aromatic N) is 1. The molecule has 0 radical (unpaired) electrons. The lowest BCUT2D eigenvalue weighted by molar-refractivity contribution is 1.40. The number of nitrogens with one attached hydrogen (secondary N) is 1. The van der Waals surface area contributed by atoms with Crippen molar-refractivity contribution < 1.29 is 0 Å². The predicted octanol–water partition coefficient (Wildman–Crippen LogP) is 4.95. The van der Waals surface area contributed by atoms with E-state index in [0.717, 1.165) is 16.3 Å². The number of halogens is 1. The Kier molecular flexibility index (Phi) is 3.22. The zero-order chi connectivity index (χ0) is 12.5. The molecule has 0 bridgehead atoms. The molecular weight excluding hydrogens is 355 g/mol. The van der Waals surface area contributed by atoms with E-state index in [4.69, 9.17) is 0 Å². The number of hydrogen-bond donors (Lipinski definition) is 1. The van der Waals surface area contributed by atoms with Gasteiger partial charge in [-0.25, -0.2) is 4.98 Å². The van der Waals surface area contributed by atoms with Crippen molar-refractivity contribution in [3.05, 3.63) is 51.6 Å². The first-order valence-electron chi connectivity index (χ1n) is 5.61. The number of aryl methyl sites for hydroxylation is 1. The summed E-state index contributed by atoms with van der Waals surface area (Å²) >= 11 is 4.00. The van der Waals surface area contributed by atoms with Gasteiger partial charge in [-0.1, -0.05) is 29.5 Å². The van der Waals surface area contributed by atoms with E-state index in [0.29, 0.717) is 0 Å². The van der Waals surface area contributed by atoms with Crippen LogP contribution >= 0.6 is 33.9 Å². The van der Waals surface area contributed by atoms with Crippen LogP contribution in [0.4, 0.5) is 10.8 Å². The number of rotatable bonds is 2. The monoisotopic (exact) mass is 366 g/mol. The maximum absolute atomic E-state index is 4.64. The summed E-state index contributed by atoms with van der Waals surface area (Å²) in [5.74, 6) is 0. The highest BCUT2D eigenvalue weighted by Gasteiger charge is 2.05. The van der Waals surface area contributed by atoms with Gasteiger partial charge in [0.15, 0.2) is 5.13 Å². The second-order valence-electron chi connectivity index (χ2n) is 4.08. The third-order valence-electron chi connectivity index (χ3n) is 2.70. The van der Waals surface area contributed by atoms with E-state index in [1.165, 1.54) is 13.8 Å². The quantitative estimate of drug-likeness (QED) is 0.649. The van der Waals surface area contributed by atoms with E-state index in [9.17, 15) is 0 Å². The van der Waals surface area contributed by atoms with Crippen LogP contribution in [-0.4, -0.2) is 4.98 Å². The minimum absolute atomic E-state index is 0.946. The zero-order valence-electron chi connectivity index (χ0n) is 9.77. The van der Waals surface area contributed by atoms with Gasteiger partial charge in [0.05, 0.1) is 10.2 Å². The lowest BCUT2D eigenvalue weighted by Crippen LogP contribution is -1.89. The molecule has 4 heteroatoms. The first kappa shape index (κ1) is 11.9. The molecule has 0 spiro atoms. The summed E-state index contributed by atoms with van der Waals surface area (Å²) in [4.78, 5) is 4.64. The van der Waals surface area contributed by atoms with E-state index in [-0.39, 0.29) is 0 Å². The van der Waals surface area contributed by atoms with E-state index in [1.54, 1.807) is 11.3 Å². The molecule has 0 saturated heterocycles. The van der Waals surface area contributed by atoms with Crippen molar-refractivity contribution in [3.8, 4) is 0 Å². The zero-order valence-corrected chi connectivity index (χ0v) is 12.7. The van der Waals surface area contributed by atoms with Crippen LogP contribution in [0.1, 0.15) is 5.56 Å². The topological polar surface area (TPSA) is 24.9 Å². The fourth-order valence-corrected chi connectivity index (χ4v) is 3.34. The Morgan fingerprint density at radius 3 is 2.78 bits per heavy atom. The van der Waals surface area contributed by atoms with E-state index < -0.39 is 0 Å². The van der Waals surface area contributed by atoms with Gasteiger partial charge in [0.2, 0.25) is 0 Å². The summed E-state index contributed by atoms with van der Waals surface area (Å²) in [5.41, 5.74) is 3.40. The summed E-state index contributed by atoms with van der Waals surface area (Å²) < 4.78 is 2.44. The lowest BCUT2D eigenvalue weighted by Gasteiger charge is -2.01. The van der Waals surface area contributed by atoms with Gasteiger partial charge in [0, 0.05) is 9.26 Å². The van der Waals surface area contributed by atoms with Crippen LogP contribution in [-0.2, 0) is 0 Å². The molecule has 0 saturated carbocycles. The third-order valence-corrected chi connectivity index (χ3v) is 4.30.